The summed E-state index contributed by atoms with van der Waals surface area (Å²) in [5, 5.41) is 19.5. The third kappa shape index (κ3) is 3.04. The van der Waals surface area contributed by atoms with Crippen LogP contribution < -0.4 is 0 Å². The van der Waals surface area contributed by atoms with Crippen LogP contribution in [0.3, 0.4) is 0 Å². The molecule has 1 atom stereocenters. The molecule has 6 heteroatoms. The summed E-state index contributed by atoms with van der Waals surface area (Å²) in [5.74, 6) is 0. The molecule has 0 radical (unpaired) electrons. The molecule has 1 fully saturated rings. The molecule has 98 valence electrons. The van der Waals surface area contributed by atoms with Gasteiger partial charge < -0.3 is 9.84 Å². The van der Waals surface area contributed by atoms with Crippen LogP contribution in [0.2, 0.25) is 0 Å². The highest BCUT2D eigenvalue weighted by Crippen LogP contribution is 2.24. The van der Waals surface area contributed by atoms with Crippen molar-refractivity contribution in [3.8, 4) is 0 Å². The Morgan fingerprint density at radius 2 is 2.17 bits per heavy atom. The first-order valence-electron chi connectivity index (χ1n) is 5.90. The van der Waals surface area contributed by atoms with Crippen LogP contribution >= 0.6 is 0 Å². The fourth-order valence-corrected chi connectivity index (χ4v) is 2.06. The summed E-state index contributed by atoms with van der Waals surface area (Å²) in [4.78, 5) is 12.3. The lowest BCUT2D eigenvalue weighted by molar-refractivity contribution is -0.384. The number of hydrogen-bond acceptors (Lipinski definition) is 5. The normalized spacial score (nSPS) is 20.8. The average Bonchev–Trinajstić information content (AvgIpc) is 2.39. The van der Waals surface area contributed by atoms with E-state index in [0.717, 1.165) is 12.1 Å². The maximum absolute atomic E-state index is 10.6. The first kappa shape index (κ1) is 12.9. The monoisotopic (exact) mass is 252 g/mol. The van der Waals surface area contributed by atoms with E-state index in [-0.39, 0.29) is 18.4 Å². The second-order valence-electron chi connectivity index (χ2n) is 4.23. The molecule has 0 aromatic heterocycles. The number of ether oxygens (including phenoxy) is 1. The van der Waals surface area contributed by atoms with Crippen LogP contribution in [0.15, 0.2) is 24.3 Å². The van der Waals surface area contributed by atoms with E-state index in [4.69, 9.17) is 9.84 Å². The van der Waals surface area contributed by atoms with Crippen molar-refractivity contribution in [1.82, 2.24) is 4.90 Å². The Bertz CT molecular complexity index is 405. The fraction of sp³-hybridized carbons (Fsp3) is 0.500. The third-order valence-corrected chi connectivity index (χ3v) is 3.04. The molecule has 6 nitrogen and oxygen atoms in total. The summed E-state index contributed by atoms with van der Waals surface area (Å²) in [6.07, 6.45) is -0.0777. The van der Waals surface area contributed by atoms with E-state index in [1.165, 1.54) is 12.1 Å². The van der Waals surface area contributed by atoms with Crippen molar-refractivity contribution in [1.29, 1.82) is 0 Å². The number of aliphatic hydroxyl groups is 1. The molecule has 1 unspecified atom stereocenters. The number of nitrogens with zero attached hydrogens (tertiary/aromatic N) is 2. The second kappa shape index (κ2) is 5.90. The lowest BCUT2D eigenvalue weighted by Crippen LogP contribution is -2.39. The van der Waals surface area contributed by atoms with Gasteiger partial charge in [0, 0.05) is 31.8 Å². The Balaban J connectivity index is 2.04. The molecule has 1 heterocycles. The molecule has 1 saturated heterocycles. The van der Waals surface area contributed by atoms with Gasteiger partial charge in [0.25, 0.3) is 5.69 Å². The largest absolute Gasteiger partial charge is 0.395 e. The van der Waals surface area contributed by atoms with Gasteiger partial charge in [0.05, 0.1) is 24.2 Å². The summed E-state index contributed by atoms with van der Waals surface area (Å²) in [7, 11) is 0. The fourth-order valence-electron chi connectivity index (χ4n) is 2.06. The predicted molar refractivity (Wildman–Crippen MR) is 65.3 cm³/mol. The number of non-ortho nitro benzene ring substituents is 1. The number of nitro benzene ring substituents is 1. The number of benzene rings is 1. The van der Waals surface area contributed by atoms with Crippen LogP contribution in [0, 0.1) is 10.1 Å². The van der Waals surface area contributed by atoms with Crippen molar-refractivity contribution < 1.29 is 14.8 Å². The molecule has 0 aliphatic carbocycles. The topological polar surface area (TPSA) is 75.8 Å². The van der Waals surface area contributed by atoms with E-state index in [2.05, 4.69) is 4.90 Å². The second-order valence-corrected chi connectivity index (χ2v) is 4.23. The van der Waals surface area contributed by atoms with Gasteiger partial charge >= 0.3 is 0 Å². The van der Waals surface area contributed by atoms with Crippen LogP contribution in [0.25, 0.3) is 0 Å². The van der Waals surface area contributed by atoms with Crippen molar-refractivity contribution in [3.05, 3.63) is 39.9 Å². The minimum Gasteiger partial charge on any atom is -0.395 e. The maximum atomic E-state index is 10.6. The van der Waals surface area contributed by atoms with Crippen molar-refractivity contribution in [3.63, 3.8) is 0 Å². The molecular formula is C12H16N2O4. The number of hydrogen-bond donors (Lipinski definition) is 1. The van der Waals surface area contributed by atoms with Crippen molar-refractivity contribution in [2.24, 2.45) is 0 Å². The van der Waals surface area contributed by atoms with Gasteiger partial charge in [-0.1, -0.05) is 0 Å². The predicted octanol–water partition coefficient (Wildman–Crippen LogP) is 0.960. The van der Waals surface area contributed by atoms with Crippen molar-refractivity contribution in [2.45, 2.75) is 6.10 Å². The van der Waals surface area contributed by atoms with E-state index in [1.54, 1.807) is 12.1 Å². The van der Waals surface area contributed by atoms with Gasteiger partial charge in [-0.3, -0.25) is 15.0 Å². The van der Waals surface area contributed by atoms with Crippen LogP contribution in [-0.2, 0) is 4.74 Å². The summed E-state index contributed by atoms with van der Waals surface area (Å²) in [6, 6.07) is 6.43. The zero-order chi connectivity index (χ0) is 13.0. The smallest absolute Gasteiger partial charge is 0.269 e. The van der Waals surface area contributed by atoms with E-state index < -0.39 is 4.92 Å². The zero-order valence-electron chi connectivity index (χ0n) is 9.99. The highest BCUT2D eigenvalue weighted by atomic mass is 16.6. The Kier molecular flexibility index (Phi) is 4.24. The maximum Gasteiger partial charge on any atom is 0.269 e. The van der Waals surface area contributed by atoms with E-state index in [1.807, 2.05) is 0 Å². The molecule has 1 N–H and O–H groups in total. The van der Waals surface area contributed by atoms with Gasteiger partial charge in [-0.15, -0.1) is 0 Å². The molecular weight excluding hydrogens is 236 g/mol. The molecule has 1 aromatic rings. The molecule has 2 rings (SSSR count). The third-order valence-electron chi connectivity index (χ3n) is 3.04. The van der Waals surface area contributed by atoms with Gasteiger partial charge in [0.2, 0.25) is 0 Å². The number of aliphatic hydroxyl groups excluding tert-OH is 1. The minimum absolute atomic E-state index is 0.0777. The average molecular weight is 252 g/mol. The van der Waals surface area contributed by atoms with Crippen LogP contribution in [-0.4, -0.2) is 47.8 Å². The molecule has 0 spiro atoms. The number of β-amino-alcohol motifs (C(OH)–C–C–N with tert-alkyl or cyclic N) is 1. The van der Waals surface area contributed by atoms with Crippen LogP contribution in [0.5, 0.6) is 0 Å². The standard InChI is InChI=1S/C12H16N2O4/c15-7-5-13-6-8-18-12(9-13)10-1-3-11(4-2-10)14(16)17/h1-4,12,15H,5-9H2. The number of nitro groups is 1. The lowest BCUT2D eigenvalue weighted by atomic mass is 10.1. The van der Waals surface area contributed by atoms with E-state index >= 15 is 0 Å². The van der Waals surface area contributed by atoms with Crippen molar-refractivity contribution >= 4 is 5.69 Å². The molecule has 0 amide bonds. The molecule has 1 aliphatic heterocycles. The Morgan fingerprint density at radius 3 is 2.78 bits per heavy atom. The van der Waals surface area contributed by atoms with Gasteiger partial charge in [0.15, 0.2) is 0 Å². The van der Waals surface area contributed by atoms with Gasteiger partial charge in [0.1, 0.15) is 0 Å². The van der Waals surface area contributed by atoms with E-state index in [0.29, 0.717) is 19.7 Å². The minimum atomic E-state index is -0.413. The van der Waals surface area contributed by atoms with Crippen molar-refractivity contribution in [2.75, 3.05) is 32.8 Å². The molecule has 18 heavy (non-hydrogen) atoms. The molecule has 0 saturated carbocycles. The molecule has 1 aromatic carbocycles. The summed E-state index contributed by atoms with van der Waals surface area (Å²) in [6.45, 7) is 2.89. The van der Waals surface area contributed by atoms with Gasteiger partial charge in [-0.05, 0) is 17.7 Å². The highest BCUT2D eigenvalue weighted by Gasteiger charge is 2.21. The number of rotatable bonds is 4. The van der Waals surface area contributed by atoms with Crippen LogP contribution in [0.1, 0.15) is 11.7 Å². The SMILES string of the molecule is O=[N+]([O-])c1ccc(C2CN(CCO)CCO2)cc1. The highest BCUT2D eigenvalue weighted by molar-refractivity contribution is 5.34. The van der Waals surface area contributed by atoms with Gasteiger partial charge in [-0.2, -0.15) is 0 Å². The van der Waals surface area contributed by atoms with E-state index in [9.17, 15) is 10.1 Å². The summed E-state index contributed by atoms with van der Waals surface area (Å²) >= 11 is 0. The number of morpholine rings is 1. The molecule has 0 bridgehead atoms. The first-order valence-corrected chi connectivity index (χ1v) is 5.90. The summed E-state index contributed by atoms with van der Waals surface area (Å²) < 4.78 is 5.65. The first-order chi connectivity index (χ1) is 8.70. The molecule has 1 aliphatic rings. The Hall–Kier alpha value is -1.50. The quantitative estimate of drug-likeness (QED) is 0.638. The Morgan fingerprint density at radius 1 is 1.44 bits per heavy atom. The summed E-state index contributed by atoms with van der Waals surface area (Å²) in [5.41, 5.74) is 1.02. The Labute approximate surface area is 105 Å². The zero-order valence-corrected chi connectivity index (χ0v) is 9.99. The van der Waals surface area contributed by atoms with Gasteiger partial charge in [-0.25, -0.2) is 0 Å². The van der Waals surface area contributed by atoms with Crippen LogP contribution in [0.4, 0.5) is 5.69 Å². The lowest BCUT2D eigenvalue weighted by Gasteiger charge is -2.32.